The minimum atomic E-state index is -1.48. The first-order chi connectivity index (χ1) is 11.0. The zero-order valence-corrected chi connectivity index (χ0v) is 12.8. The van der Waals surface area contributed by atoms with Crippen LogP contribution in [-0.2, 0) is 16.2 Å². The van der Waals surface area contributed by atoms with E-state index in [1.807, 2.05) is 0 Å². The van der Waals surface area contributed by atoms with Gasteiger partial charge in [-0.2, -0.15) is 5.06 Å². The van der Waals surface area contributed by atoms with Crippen molar-refractivity contribution in [2.75, 3.05) is 26.2 Å². The van der Waals surface area contributed by atoms with Crippen molar-refractivity contribution in [1.82, 2.24) is 9.96 Å². The van der Waals surface area contributed by atoms with Crippen LogP contribution in [-0.4, -0.2) is 52.8 Å². The summed E-state index contributed by atoms with van der Waals surface area (Å²) in [5.41, 5.74) is -0.986. The highest BCUT2D eigenvalue weighted by Gasteiger charge is 2.44. The molecule has 2 heterocycles. The van der Waals surface area contributed by atoms with Crippen LogP contribution in [0.3, 0.4) is 0 Å². The second-order valence-corrected chi connectivity index (χ2v) is 6.16. The number of carbonyl (C=O) groups excluding carboxylic acids is 1. The Kier molecular flexibility index (Phi) is 4.61. The molecule has 23 heavy (non-hydrogen) atoms. The number of piperidine rings is 1. The Morgan fingerprint density at radius 2 is 2.04 bits per heavy atom. The number of hydrogen-bond donors (Lipinski definition) is 1. The maximum absolute atomic E-state index is 13.3. The molecule has 1 aromatic rings. The van der Waals surface area contributed by atoms with E-state index in [-0.39, 0.29) is 19.0 Å². The number of hydroxylamine groups is 2. The monoisotopic (exact) mass is 326 g/mol. The number of aliphatic hydroxyl groups is 1. The lowest BCUT2D eigenvalue weighted by atomic mass is 9.91. The van der Waals surface area contributed by atoms with Crippen molar-refractivity contribution in [1.29, 1.82) is 0 Å². The number of amides is 1. The number of rotatable bonds is 4. The van der Waals surface area contributed by atoms with Crippen LogP contribution in [0.25, 0.3) is 0 Å². The van der Waals surface area contributed by atoms with Crippen LogP contribution in [0.1, 0.15) is 24.8 Å². The smallest absolute Gasteiger partial charge is 0.256 e. The minimum Gasteiger partial charge on any atom is -0.379 e. The van der Waals surface area contributed by atoms with Gasteiger partial charge in [-0.05, 0) is 37.0 Å². The summed E-state index contributed by atoms with van der Waals surface area (Å²) in [6.45, 7) is 2.07. The number of carbonyl (C=O) groups is 1. The largest absolute Gasteiger partial charge is 0.379 e. The highest BCUT2D eigenvalue weighted by Crippen LogP contribution is 2.26. The molecule has 0 aromatic heterocycles. The lowest BCUT2D eigenvalue weighted by Crippen LogP contribution is -2.57. The molecule has 0 bridgehead atoms. The molecule has 0 saturated carbocycles. The Labute approximate surface area is 133 Å². The molecular weight excluding hydrogens is 306 g/mol. The molecular formula is C16H20F2N2O3. The third kappa shape index (κ3) is 3.52. The van der Waals surface area contributed by atoms with Gasteiger partial charge in [0.25, 0.3) is 5.91 Å². The highest BCUT2D eigenvalue weighted by atomic mass is 19.2. The third-order valence-corrected chi connectivity index (χ3v) is 4.32. The number of halogens is 2. The lowest BCUT2D eigenvalue weighted by molar-refractivity contribution is -0.182. The molecule has 0 spiro atoms. The summed E-state index contributed by atoms with van der Waals surface area (Å²) < 4.78 is 26.3. The molecule has 2 fully saturated rings. The maximum Gasteiger partial charge on any atom is 0.256 e. The molecule has 1 amide bonds. The zero-order valence-electron chi connectivity index (χ0n) is 12.8. The third-order valence-electron chi connectivity index (χ3n) is 4.32. The molecule has 1 aromatic carbocycles. The van der Waals surface area contributed by atoms with Crippen molar-refractivity contribution in [3.8, 4) is 0 Å². The molecule has 0 aliphatic carbocycles. The molecule has 0 unspecified atom stereocenters. The van der Waals surface area contributed by atoms with Crippen LogP contribution in [0.4, 0.5) is 8.78 Å². The first-order valence-electron chi connectivity index (χ1n) is 7.81. The molecule has 5 nitrogen and oxygen atoms in total. The average Bonchev–Trinajstić information content (AvgIpc) is 3.00. The molecule has 1 N–H and O–H groups in total. The fourth-order valence-electron chi connectivity index (χ4n) is 3.14. The van der Waals surface area contributed by atoms with Gasteiger partial charge in [0.15, 0.2) is 17.2 Å². The van der Waals surface area contributed by atoms with E-state index in [2.05, 4.69) is 0 Å². The van der Waals surface area contributed by atoms with Gasteiger partial charge in [-0.3, -0.25) is 9.63 Å². The van der Waals surface area contributed by atoms with Gasteiger partial charge in [-0.1, -0.05) is 6.07 Å². The van der Waals surface area contributed by atoms with Gasteiger partial charge >= 0.3 is 0 Å². The molecule has 2 aliphatic heterocycles. The normalized spacial score (nSPS) is 26.0. The summed E-state index contributed by atoms with van der Waals surface area (Å²) in [6, 6.07) is 3.58. The topological polar surface area (TPSA) is 53.0 Å². The number of likely N-dealkylation sites (tertiary alicyclic amines) is 1. The van der Waals surface area contributed by atoms with Crippen LogP contribution >= 0.6 is 0 Å². The van der Waals surface area contributed by atoms with E-state index in [1.54, 1.807) is 5.06 Å². The highest BCUT2D eigenvalue weighted by molar-refractivity contribution is 5.86. The standard InChI is InChI=1S/C16H20F2N2O3/c17-13-4-3-12(9-14(13)18)10-19-6-1-5-16(22,15(19)21)11-20-7-2-8-23-20/h3-4,9,22H,1-2,5-8,10-11H2/t16-/m1/s1. The van der Waals surface area contributed by atoms with E-state index < -0.39 is 17.2 Å². The Hall–Kier alpha value is -1.57. The van der Waals surface area contributed by atoms with Gasteiger partial charge in [0.05, 0.1) is 13.2 Å². The Balaban J connectivity index is 1.69. The van der Waals surface area contributed by atoms with Crippen LogP contribution in [0.2, 0.25) is 0 Å². The number of benzene rings is 1. The Morgan fingerprint density at radius 3 is 2.74 bits per heavy atom. The predicted octanol–water partition coefficient (Wildman–Crippen LogP) is 1.46. The van der Waals surface area contributed by atoms with Gasteiger partial charge in [0.1, 0.15) is 0 Å². The van der Waals surface area contributed by atoms with E-state index in [9.17, 15) is 18.7 Å². The van der Waals surface area contributed by atoms with E-state index in [1.165, 1.54) is 11.0 Å². The van der Waals surface area contributed by atoms with Gasteiger partial charge in [0, 0.05) is 19.6 Å². The van der Waals surface area contributed by atoms with Crippen molar-refractivity contribution >= 4 is 5.91 Å². The number of hydrogen-bond acceptors (Lipinski definition) is 4. The molecule has 2 aliphatic rings. The molecule has 126 valence electrons. The van der Waals surface area contributed by atoms with Gasteiger partial charge in [-0.25, -0.2) is 8.78 Å². The summed E-state index contributed by atoms with van der Waals surface area (Å²) >= 11 is 0. The van der Waals surface area contributed by atoms with Crippen LogP contribution in [0, 0.1) is 11.6 Å². The lowest BCUT2D eigenvalue weighted by Gasteiger charge is -2.39. The first-order valence-corrected chi connectivity index (χ1v) is 7.81. The second kappa shape index (κ2) is 6.51. The molecule has 7 heteroatoms. The van der Waals surface area contributed by atoms with Crippen molar-refractivity contribution in [3.05, 3.63) is 35.4 Å². The minimum absolute atomic E-state index is 0.139. The quantitative estimate of drug-likeness (QED) is 0.910. The summed E-state index contributed by atoms with van der Waals surface area (Å²) in [5.74, 6) is -2.24. The van der Waals surface area contributed by atoms with Crippen LogP contribution in [0.5, 0.6) is 0 Å². The number of β-amino-alcohol motifs (C(OH)–C–C–N with tert-alkyl or cyclic N) is 1. The van der Waals surface area contributed by atoms with Gasteiger partial charge in [0.2, 0.25) is 0 Å². The predicted molar refractivity (Wildman–Crippen MR) is 78.1 cm³/mol. The van der Waals surface area contributed by atoms with Crippen molar-refractivity contribution in [3.63, 3.8) is 0 Å². The SMILES string of the molecule is O=C1N(Cc2ccc(F)c(F)c2)CCC[C@@]1(O)CN1CCCO1. The van der Waals surface area contributed by atoms with Crippen LogP contribution in [0.15, 0.2) is 18.2 Å². The average molecular weight is 326 g/mol. The molecule has 1 atom stereocenters. The van der Waals surface area contributed by atoms with E-state index >= 15 is 0 Å². The van der Waals surface area contributed by atoms with E-state index in [0.717, 1.165) is 18.6 Å². The fourth-order valence-corrected chi connectivity index (χ4v) is 3.14. The fraction of sp³-hybridized carbons (Fsp3) is 0.562. The zero-order chi connectivity index (χ0) is 16.4. The molecule has 3 rings (SSSR count). The Morgan fingerprint density at radius 1 is 1.22 bits per heavy atom. The summed E-state index contributed by atoms with van der Waals surface area (Å²) in [6.07, 6.45) is 1.91. The summed E-state index contributed by atoms with van der Waals surface area (Å²) in [7, 11) is 0. The van der Waals surface area contributed by atoms with Crippen molar-refractivity contribution < 1.29 is 23.5 Å². The second-order valence-electron chi connectivity index (χ2n) is 6.16. The summed E-state index contributed by atoms with van der Waals surface area (Å²) in [5, 5.41) is 12.3. The van der Waals surface area contributed by atoms with Gasteiger partial charge in [-0.15, -0.1) is 0 Å². The van der Waals surface area contributed by atoms with E-state index in [0.29, 0.717) is 38.1 Å². The van der Waals surface area contributed by atoms with Gasteiger partial charge < -0.3 is 10.0 Å². The van der Waals surface area contributed by atoms with Crippen LogP contribution < -0.4 is 0 Å². The summed E-state index contributed by atoms with van der Waals surface area (Å²) in [4.78, 5) is 19.5. The van der Waals surface area contributed by atoms with E-state index in [4.69, 9.17) is 4.84 Å². The molecule has 2 saturated heterocycles. The van der Waals surface area contributed by atoms with Crippen molar-refractivity contribution in [2.24, 2.45) is 0 Å². The van der Waals surface area contributed by atoms with Crippen molar-refractivity contribution in [2.45, 2.75) is 31.4 Å². The first kappa shape index (κ1) is 16.3. The number of nitrogens with zero attached hydrogens (tertiary/aromatic N) is 2. The molecule has 0 radical (unpaired) electrons. The maximum atomic E-state index is 13.3. The Bertz CT molecular complexity index is 593.